The maximum absolute atomic E-state index is 6.09. The van der Waals surface area contributed by atoms with Crippen molar-refractivity contribution < 1.29 is 0 Å². The second-order valence-electron chi connectivity index (χ2n) is 3.77. The van der Waals surface area contributed by atoms with Crippen LogP contribution in [0.15, 0.2) is 36.4 Å². The second kappa shape index (κ2) is 2.97. The predicted molar refractivity (Wildman–Crippen MR) is 68.5 cm³/mol. The van der Waals surface area contributed by atoms with Crippen LogP contribution < -0.4 is 5.73 Å². The number of nitrogens with two attached hydrogens (primary N) is 1. The van der Waals surface area contributed by atoms with E-state index in [4.69, 9.17) is 5.73 Å². The van der Waals surface area contributed by atoms with Gasteiger partial charge < -0.3 is 5.73 Å². The third kappa shape index (κ3) is 1.15. The molecule has 74 valence electrons. The molecule has 0 aliphatic rings. The van der Waals surface area contributed by atoms with Crippen LogP contribution in [0, 0.1) is 6.92 Å². The van der Waals surface area contributed by atoms with Gasteiger partial charge in [-0.3, -0.25) is 0 Å². The zero-order chi connectivity index (χ0) is 10.4. The van der Waals surface area contributed by atoms with Gasteiger partial charge in [-0.25, -0.2) is 0 Å². The lowest BCUT2D eigenvalue weighted by atomic mass is 10.1. The monoisotopic (exact) mass is 213 g/mol. The minimum Gasteiger partial charge on any atom is -0.397 e. The Kier molecular flexibility index (Phi) is 1.73. The highest BCUT2D eigenvalue weighted by Crippen LogP contribution is 2.37. The third-order valence-electron chi connectivity index (χ3n) is 2.80. The molecule has 0 bridgehead atoms. The first-order chi connectivity index (χ1) is 7.27. The topological polar surface area (TPSA) is 26.0 Å². The standard InChI is InChI=1S/C13H11NS/c1-8-6-7-10-9-4-2-3-5-11(9)15-13(10)12(8)14/h2-7H,14H2,1H3. The number of hydrogen-bond donors (Lipinski definition) is 1. The fourth-order valence-electron chi connectivity index (χ4n) is 1.91. The van der Waals surface area contributed by atoms with E-state index >= 15 is 0 Å². The minimum atomic E-state index is 0.925. The summed E-state index contributed by atoms with van der Waals surface area (Å²) in [5.41, 5.74) is 8.18. The Balaban J connectivity index is 2.60. The molecule has 1 heterocycles. The highest BCUT2D eigenvalue weighted by atomic mass is 32.1. The first kappa shape index (κ1) is 8.74. The second-order valence-corrected chi connectivity index (χ2v) is 4.82. The molecule has 2 aromatic carbocycles. The summed E-state index contributed by atoms with van der Waals surface area (Å²) >= 11 is 1.78. The zero-order valence-corrected chi connectivity index (χ0v) is 9.27. The van der Waals surface area contributed by atoms with Crippen molar-refractivity contribution in [2.45, 2.75) is 6.92 Å². The summed E-state index contributed by atoms with van der Waals surface area (Å²) in [6.45, 7) is 2.05. The Morgan fingerprint density at radius 2 is 1.80 bits per heavy atom. The van der Waals surface area contributed by atoms with Crippen molar-refractivity contribution in [2.75, 3.05) is 5.73 Å². The molecule has 0 amide bonds. The summed E-state index contributed by atoms with van der Waals surface area (Å²) in [4.78, 5) is 0. The van der Waals surface area contributed by atoms with Crippen LogP contribution in [0.1, 0.15) is 5.56 Å². The number of hydrogen-bond acceptors (Lipinski definition) is 2. The van der Waals surface area contributed by atoms with Crippen molar-refractivity contribution in [3.63, 3.8) is 0 Å². The van der Waals surface area contributed by atoms with E-state index in [1.54, 1.807) is 11.3 Å². The van der Waals surface area contributed by atoms with Gasteiger partial charge >= 0.3 is 0 Å². The molecule has 1 nitrogen and oxygen atoms in total. The lowest BCUT2D eigenvalue weighted by Crippen LogP contribution is -1.87. The maximum Gasteiger partial charge on any atom is 0.0587 e. The first-order valence-corrected chi connectivity index (χ1v) is 5.75. The highest BCUT2D eigenvalue weighted by molar-refractivity contribution is 7.26. The number of nitrogen functional groups attached to an aromatic ring is 1. The fourth-order valence-corrected chi connectivity index (χ4v) is 3.12. The van der Waals surface area contributed by atoms with Crippen LogP contribution in [0.2, 0.25) is 0 Å². The zero-order valence-electron chi connectivity index (χ0n) is 8.45. The van der Waals surface area contributed by atoms with Crippen LogP contribution in [0.3, 0.4) is 0 Å². The maximum atomic E-state index is 6.09. The van der Waals surface area contributed by atoms with Gasteiger partial charge in [0.2, 0.25) is 0 Å². The van der Waals surface area contributed by atoms with Gasteiger partial charge in [-0.15, -0.1) is 11.3 Å². The molecule has 0 spiro atoms. The van der Waals surface area contributed by atoms with Gasteiger partial charge in [0.05, 0.1) is 10.4 Å². The molecule has 15 heavy (non-hydrogen) atoms. The average molecular weight is 213 g/mol. The van der Waals surface area contributed by atoms with Gasteiger partial charge in [0.15, 0.2) is 0 Å². The summed E-state index contributed by atoms with van der Waals surface area (Å²) in [6, 6.07) is 12.7. The highest BCUT2D eigenvalue weighted by Gasteiger charge is 2.07. The molecule has 1 aromatic heterocycles. The Labute approximate surface area is 92.1 Å². The Morgan fingerprint density at radius 3 is 2.67 bits per heavy atom. The van der Waals surface area contributed by atoms with E-state index in [0.29, 0.717) is 0 Å². The largest absolute Gasteiger partial charge is 0.397 e. The van der Waals surface area contributed by atoms with E-state index in [-0.39, 0.29) is 0 Å². The van der Waals surface area contributed by atoms with Crippen LogP contribution in [0.25, 0.3) is 20.2 Å². The van der Waals surface area contributed by atoms with Crippen LogP contribution in [0.5, 0.6) is 0 Å². The van der Waals surface area contributed by atoms with Gasteiger partial charge in [-0.05, 0) is 18.6 Å². The molecule has 0 atom stereocenters. The van der Waals surface area contributed by atoms with Crippen molar-refractivity contribution in [1.29, 1.82) is 0 Å². The Bertz CT molecular complexity index is 652. The van der Waals surface area contributed by atoms with E-state index in [9.17, 15) is 0 Å². The molecule has 2 N–H and O–H groups in total. The lowest BCUT2D eigenvalue weighted by molar-refractivity contribution is 1.51. The smallest absolute Gasteiger partial charge is 0.0587 e. The van der Waals surface area contributed by atoms with Gasteiger partial charge in [0.25, 0.3) is 0 Å². The number of aryl methyl sites for hydroxylation is 1. The molecule has 0 saturated heterocycles. The van der Waals surface area contributed by atoms with Gasteiger partial charge in [0, 0.05) is 15.5 Å². The van der Waals surface area contributed by atoms with E-state index in [1.165, 1.54) is 20.2 Å². The van der Waals surface area contributed by atoms with Gasteiger partial charge in [-0.2, -0.15) is 0 Å². The molecule has 0 radical (unpaired) electrons. The fraction of sp³-hybridized carbons (Fsp3) is 0.0769. The summed E-state index contributed by atoms with van der Waals surface area (Å²) in [5.74, 6) is 0. The lowest BCUT2D eigenvalue weighted by Gasteiger charge is -1.99. The van der Waals surface area contributed by atoms with Crippen LogP contribution >= 0.6 is 11.3 Å². The van der Waals surface area contributed by atoms with E-state index in [0.717, 1.165) is 11.3 Å². The number of rotatable bonds is 0. The molecule has 3 rings (SSSR count). The molecule has 0 aliphatic heterocycles. The van der Waals surface area contributed by atoms with Crippen molar-refractivity contribution in [2.24, 2.45) is 0 Å². The SMILES string of the molecule is Cc1ccc2c(sc3ccccc32)c1N. The Hall–Kier alpha value is -1.54. The van der Waals surface area contributed by atoms with Crippen LogP contribution in [-0.2, 0) is 0 Å². The number of benzene rings is 2. The summed E-state index contributed by atoms with van der Waals surface area (Å²) in [7, 11) is 0. The number of thiophene rings is 1. The van der Waals surface area contributed by atoms with E-state index in [2.05, 4.69) is 43.3 Å². The first-order valence-electron chi connectivity index (χ1n) is 4.93. The normalized spacial score (nSPS) is 11.3. The third-order valence-corrected chi connectivity index (χ3v) is 4.02. The molecule has 0 aliphatic carbocycles. The minimum absolute atomic E-state index is 0.925. The Morgan fingerprint density at radius 1 is 1.00 bits per heavy atom. The summed E-state index contributed by atoms with van der Waals surface area (Å²) in [6.07, 6.45) is 0. The molecular formula is C13H11NS. The van der Waals surface area contributed by atoms with Gasteiger partial charge in [0.1, 0.15) is 0 Å². The molecular weight excluding hydrogens is 202 g/mol. The van der Waals surface area contributed by atoms with Gasteiger partial charge in [-0.1, -0.05) is 30.3 Å². The molecule has 2 heteroatoms. The predicted octanol–water partition coefficient (Wildman–Crippen LogP) is 3.95. The quantitative estimate of drug-likeness (QED) is 0.562. The van der Waals surface area contributed by atoms with Crippen molar-refractivity contribution in [3.05, 3.63) is 42.0 Å². The average Bonchev–Trinajstić information content (AvgIpc) is 2.63. The van der Waals surface area contributed by atoms with Crippen molar-refractivity contribution in [3.8, 4) is 0 Å². The van der Waals surface area contributed by atoms with Crippen molar-refractivity contribution >= 4 is 37.2 Å². The number of anilines is 1. The summed E-state index contributed by atoms with van der Waals surface area (Å²) in [5, 5.41) is 2.59. The van der Waals surface area contributed by atoms with Crippen LogP contribution in [-0.4, -0.2) is 0 Å². The molecule has 3 aromatic rings. The van der Waals surface area contributed by atoms with Crippen molar-refractivity contribution in [1.82, 2.24) is 0 Å². The molecule has 0 fully saturated rings. The van der Waals surface area contributed by atoms with E-state index in [1.807, 2.05) is 0 Å². The number of fused-ring (bicyclic) bond motifs is 3. The summed E-state index contributed by atoms with van der Waals surface area (Å²) < 4.78 is 2.53. The molecule has 0 unspecified atom stereocenters. The van der Waals surface area contributed by atoms with Crippen LogP contribution in [0.4, 0.5) is 5.69 Å². The molecule has 0 saturated carbocycles. The van der Waals surface area contributed by atoms with E-state index < -0.39 is 0 Å².